The Morgan fingerprint density at radius 3 is 2.07 bits per heavy atom. The first-order chi connectivity index (χ1) is 6.76. The van der Waals surface area contributed by atoms with Gasteiger partial charge in [0, 0.05) is 5.02 Å². The number of aliphatic carboxylic acids is 1. The van der Waals surface area contributed by atoms with Gasteiger partial charge in [0.25, 0.3) is 0 Å². The fourth-order valence-corrected chi connectivity index (χ4v) is 1.46. The van der Waals surface area contributed by atoms with Crippen LogP contribution in [0.1, 0.15) is 23.6 Å². The SMILES string of the molecule is Cc1cc(C(C)(O)C(=O)O)cc(C)c1Cl. The molecular formula is C11H13ClO3. The molecule has 15 heavy (non-hydrogen) atoms. The van der Waals surface area contributed by atoms with Gasteiger partial charge in [0.15, 0.2) is 5.60 Å². The lowest BCUT2D eigenvalue weighted by atomic mass is 9.93. The van der Waals surface area contributed by atoms with Gasteiger partial charge in [-0.15, -0.1) is 0 Å². The molecule has 0 saturated carbocycles. The monoisotopic (exact) mass is 228 g/mol. The lowest BCUT2D eigenvalue weighted by molar-refractivity contribution is -0.157. The Kier molecular flexibility index (Phi) is 3.07. The van der Waals surface area contributed by atoms with Crippen LogP contribution in [0.2, 0.25) is 5.02 Å². The van der Waals surface area contributed by atoms with Crippen LogP contribution in [0.25, 0.3) is 0 Å². The molecule has 1 atom stereocenters. The Hall–Kier alpha value is -1.06. The first kappa shape index (κ1) is 12.0. The van der Waals surface area contributed by atoms with Gasteiger partial charge in [-0.2, -0.15) is 0 Å². The first-order valence-electron chi connectivity index (χ1n) is 4.50. The molecule has 0 radical (unpaired) electrons. The van der Waals surface area contributed by atoms with Crippen molar-refractivity contribution in [3.05, 3.63) is 33.8 Å². The molecule has 0 aliphatic carbocycles. The summed E-state index contributed by atoms with van der Waals surface area (Å²) in [6.07, 6.45) is 0. The second kappa shape index (κ2) is 3.83. The fraction of sp³-hybridized carbons (Fsp3) is 0.364. The van der Waals surface area contributed by atoms with E-state index in [0.29, 0.717) is 10.6 Å². The number of aryl methyl sites for hydroxylation is 2. The van der Waals surface area contributed by atoms with Gasteiger partial charge in [-0.05, 0) is 37.5 Å². The molecule has 2 N–H and O–H groups in total. The van der Waals surface area contributed by atoms with E-state index < -0.39 is 11.6 Å². The number of rotatable bonds is 2. The number of hydrogen-bond acceptors (Lipinski definition) is 2. The summed E-state index contributed by atoms with van der Waals surface area (Å²) in [6, 6.07) is 3.17. The predicted octanol–water partition coefficient (Wildman–Crippen LogP) is 2.25. The van der Waals surface area contributed by atoms with Crippen LogP contribution in [0.3, 0.4) is 0 Å². The average molecular weight is 229 g/mol. The second-order valence-corrected chi connectivity index (χ2v) is 4.18. The zero-order valence-electron chi connectivity index (χ0n) is 8.84. The third-order valence-corrected chi connectivity index (χ3v) is 3.01. The van der Waals surface area contributed by atoms with Crippen molar-refractivity contribution in [1.82, 2.24) is 0 Å². The summed E-state index contributed by atoms with van der Waals surface area (Å²) in [5, 5.41) is 19.2. The van der Waals surface area contributed by atoms with E-state index in [-0.39, 0.29) is 0 Å². The highest BCUT2D eigenvalue weighted by Crippen LogP contribution is 2.28. The number of hydrogen-bond donors (Lipinski definition) is 2. The van der Waals surface area contributed by atoms with E-state index in [4.69, 9.17) is 16.7 Å². The third-order valence-electron chi connectivity index (χ3n) is 2.41. The zero-order chi connectivity index (χ0) is 11.8. The van der Waals surface area contributed by atoms with Crippen LogP contribution >= 0.6 is 11.6 Å². The molecule has 1 rings (SSSR count). The summed E-state index contributed by atoms with van der Waals surface area (Å²) >= 11 is 5.95. The second-order valence-electron chi connectivity index (χ2n) is 3.80. The van der Waals surface area contributed by atoms with Crippen LogP contribution in [0, 0.1) is 13.8 Å². The molecule has 1 aromatic carbocycles. The van der Waals surface area contributed by atoms with Crippen LogP contribution in [0.5, 0.6) is 0 Å². The van der Waals surface area contributed by atoms with E-state index in [1.165, 1.54) is 6.92 Å². The zero-order valence-corrected chi connectivity index (χ0v) is 9.59. The van der Waals surface area contributed by atoms with Crippen molar-refractivity contribution in [3.8, 4) is 0 Å². The molecule has 1 unspecified atom stereocenters. The highest BCUT2D eigenvalue weighted by molar-refractivity contribution is 6.32. The van der Waals surface area contributed by atoms with Crippen molar-refractivity contribution in [3.63, 3.8) is 0 Å². The number of carboxylic acids is 1. The van der Waals surface area contributed by atoms with Crippen LogP contribution in [-0.2, 0) is 10.4 Å². The summed E-state index contributed by atoms with van der Waals surface area (Å²) in [7, 11) is 0. The first-order valence-corrected chi connectivity index (χ1v) is 4.87. The minimum absolute atomic E-state index is 0.342. The maximum atomic E-state index is 10.8. The predicted molar refractivity (Wildman–Crippen MR) is 58.1 cm³/mol. The van der Waals surface area contributed by atoms with E-state index in [2.05, 4.69) is 0 Å². The quantitative estimate of drug-likeness (QED) is 0.816. The lowest BCUT2D eigenvalue weighted by Crippen LogP contribution is -2.32. The maximum Gasteiger partial charge on any atom is 0.340 e. The molecule has 0 aliphatic rings. The van der Waals surface area contributed by atoms with Crippen LogP contribution in [-0.4, -0.2) is 16.2 Å². The summed E-state index contributed by atoms with van der Waals surface area (Å²) in [4.78, 5) is 10.8. The van der Waals surface area contributed by atoms with E-state index in [9.17, 15) is 9.90 Å². The van der Waals surface area contributed by atoms with Gasteiger partial charge >= 0.3 is 5.97 Å². The van der Waals surface area contributed by atoms with E-state index >= 15 is 0 Å². The Bertz CT molecular complexity index is 387. The van der Waals surface area contributed by atoms with Gasteiger partial charge in [0.1, 0.15) is 0 Å². The van der Waals surface area contributed by atoms with Gasteiger partial charge in [-0.1, -0.05) is 23.7 Å². The Morgan fingerprint density at radius 2 is 1.73 bits per heavy atom. The highest BCUT2D eigenvalue weighted by atomic mass is 35.5. The molecular weight excluding hydrogens is 216 g/mol. The number of halogens is 1. The molecule has 0 aromatic heterocycles. The molecule has 82 valence electrons. The number of carboxylic acid groups (broad SMARTS) is 1. The molecule has 0 spiro atoms. The van der Waals surface area contributed by atoms with Crippen molar-refractivity contribution in [2.75, 3.05) is 0 Å². The van der Waals surface area contributed by atoms with Crippen molar-refractivity contribution in [2.45, 2.75) is 26.4 Å². The molecule has 1 aromatic rings. The van der Waals surface area contributed by atoms with Crippen molar-refractivity contribution >= 4 is 17.6 Å². The van der Waals surface area contributed by atoms with Gasteiger partial charge in [-0.25, -0.2) is 4.79 Å². The number of aliphatic hydroxyl groups is 1. The van der Waals surface area contributed by atoms with Crippen LogP contribution < -0.4 is 0 Å². The topological polar surface area (TPSA) is 57.5 Å². The average Bonchev–Trinajstić information content (AvgIpc) is 2.13. The highest BCUT2D eigenvalue weighted by Gasteiger charge is 2.32. The molecule has 0 heterocycles. The molecule has 0 saturated heterocycles. The van der Waals surface area contributed by atoms with Crippen molar-refractivity contribution in [2.24, 2.45) is 0 Å². The Morgan fingerprint density at radius 1 is 1.33 bits per heavy atom. The number of carbonyl (C=O) groups is 1. The molecule has 0 amide bonds. The molecule has 0 fully saturated rings. The standard InChI is InChI=1S/C11H13ClO3/c1-6-4-8(5-7(2)9(6)12)11(3,15)10(13)14/h4-5,15H,1-3H3,(H,13,14). The smallest absolute Gasteiger partial charge is 0.340 e. The van der Waals surface area contributed by atoms with E-state index in [1.54, 1.807) is 26.0 Å². The van der Waals surface area contributed by atoms with Gasteiger partial charge in [-0.3, -0.25) is 0 Å². The Balaban J connectivity index is 3.34. The lowest BCUT2D eigenvalue weighted by Gasteiger charge is -2.20. The molecule has 3 nitrogen and oxygen atoms in total. The molecule has 0 bridgehead atoms. The van der Waals surface area contributed by atoms with E-state index in [0.717, 1.165) is 11.1 Å². The molecule has 0 aliphatic heterocycles. The summed E-state index contributed by atoms with van der Waals surface area (Å²) in [5.41, 5.74) is -0.0177. The minimum atomic E-state index is -1.87. The van der Waals surface area contributed by atoms with Gasteiger partial charge < -0.3 is 10.2 Å². The minimum Gasteiger partial charge on any atom is -0.479 e. The Labute approximate surface area is 93.3 Å². The van der Waals surface area contributed by atoms with Crippen molar-refractivity contribution < 1.29 is 15.0 Å². The van der Waals surface area contributed by atoms with Crippen molar-refractivity contribution in [1.29, 1.82) is 0 Å². The van der Waals surface area contributed by atoms with Crippen LogP contribution in [0.4, 0.5) is 0 Å². The van der Waals surface area contributed by atoms with E-state index in [1.807, 2.05) is 0 Å². The summed E-state index contributed by atoms with van der Waals surface area (Å²) in [6.45, 7) is 4.80. The summed E-state index contributed by atoms with van der Waals surface area (Å²) < 4.78 is 0. The van der Waals surface area contributed by atoms with Gasteiger partial charge in [0.05, 0.1) is 0 Å². The normalized spacial score (nSPS) is 14.7. The third kappa shape index (κ3) is 2.13. The fourth-order valence-electron chi connectivity index (χ4n) is 1.35. The number of benzene rings is 1. The molecule has 4 heteroatoms. The van der Waals surface area contributed by atoms with Gasteiger partial charge in [0.2, 0.25) is 0 Å². The maximum absolute atomic E-state index is 10.8. The van der Waals surface area contributed by atoms with Crippen LogP contribution in [0.15, 0.2) is 12.1 Å². The summed E-state index contributed by atoms with van der Waals surface area (Å²) in [5.74, 6) is -1.27. The largest absolute Gasteiger partial charge is 0.479 e.